The summed E-state index contributed by atoms with van der Waals surface area (Å²) in [5.41, 5.74) is 1.86. The first-order valence-electron chi connectivity index (χ1n) is 9.49. The second kappa shape index (κ2) is 9.96. The highest BCUT2D eigenvalue weighted by molar-refractivity contribution is 7.99. The van der Waals surface area contributed by atoms with Crippen LogP contribution in [0.15, 0.2) is 119 Å². The second-order valence-corrected chi connectivity index (χ2v) is 7.95. The Morgan fingerprint density at radius 2 is 1.23 bits per heavy atom. The molecule has 2 N–H and O–H groups in total. The third-order valence-electron chi connectivity index (χ3n) is 4.20. The molecule has 0 saturated carbocycles. The molecule has 0 aliphatic carbocycles. The van der Waals surface area contributed by atoms with Gasteiger partial charge in [-0.05, 0) is 72.9 Å². The number of ether oxygens (including phenoxy) is 1. The van der Waals surface area contributed by atoms with Crippen LogP contribution in [0.1, 0.15) is 0 Å². The fraction of sp³-hybridized carbons (Fsp3) is 0. The molecule has 0 aliphatic rings. The van der Waals surface area contributed by atoms with E-state index in [1.54, 1.807) is 11.8 Å². The number of anilines is 2. The van der Waals surface area contributed by atoms with Crippen LogP contribution in [0.4, 0.5) is 11.4 Å². The number of rotatable bonds is 6. The Bertz CT molecular complexity index is 1100. The van der Waals surface area contributed by atoms with Crippen molar-refractivity contribution >= 4 is 40.5 Å². The van der Waals surface area contributed by atoms with Crippen molar-refractivity contribution in [2.45, 2.75) is 9.79 Å². The first-order valence-corrected chi connectivity index (χ1v) is 10.7. The molecule has 0 spiro atoms. The molecule has 0 aliphatic heterocycles. The molecule has 4 aromatic rings. The molecule has 0 radical (unpaired) electrons. The van der Waals surface area contributed by atoms with E-state index in [2.05, 4.69) is 28.8 Å². The highest BCUT2D eigenvalue weighted by Crippen LogP contribution is 2.33. The van der Waals surface area contributed by atoms with Gasteiger partial charge in [0.15, 0.2) is 5.11 Å². The van der Waals surface area contributed by atoms with Crippen molar-refractivity contribution in [1.82, 2.24) is 0 Å². The van der Waals surface area contributed by atoms with Crippen molar-refractivity contribution in [2.75, 3.05) is 10.6 Å². The van der Waals surface area contributed by atoms with E-state index in [0.717, 1.165) is 27.8 Å². The summed E-state index contributed by atoms with van der Waals surface area (Å²) in [5.74, 6) is 1.58. The summed E-state index contributed by atoms with van der Waals surface area (Å²) in [7, 11) is 0. The minimum Gasteiger partial charge on any atom is -0.457 e. The maximum absolute atomic E-state index is 5.83. The predicted molar refractivity (Wildman–Crippen MR) is 130 cm³/mol. The van der Waals surface area contributed by atoms with Gasteiger partial charge in [0.1, 0.15) is 11.5 Å². The van der Waals surface area contributed by atoms with Gasteiger partial charge >= 0.3 is 0 Å². The molecule has 0 aromatic heterocycles. The zero-order valence-corrected chi connectivity index (χ0v) is 17.8. The summed E-state index contributed by atoms with van der Waals surface area (Å²) in [6.07, 6.45) is 0. The average molecular weight is 429 g/mol. The van der Waals surface area contributed by atoms with Gasteiger partial charge in [0, 0.05) is 15.5 Å². The third-order valence-corrected chi connectivity index (χ3v) is 5.49. The van der Waals surface area contributed by atoms with Gasteiger partial charge in [-0.25, -0.2) is 0 Å². The quantitative estimate of drug-likeness (QED) is 0.312. The van der Waals surface area contributed by atoms with Crippen LogP contribution in [0.2, 0.25) is 0 Å². The Labute approximate surface area is 186 Å². The molecule has 0 unspecified atom stereocenters. The fourth-order valence-corrected chi connectivity index (χ4v) is 3.94. The molecule has 30 heavy (non-hydrogen) atoms. The van der Waals surface area contributed by atoms with E-state index >= 15 is 0 Å². The smallest absolute Gasteiger partial charge is 0.175 e. The zero-order valence-electron chi connectivity index (χ0n) is 16.1. The topological polar surface area (TPSA) is 33.3 Å². The van der Waals surface area contributed by atoms with Crippen LogP contribution < -0.4 is 15.4 Å². The van der Waals surface area contributed by atoms with Gasteiger partial charge < -0.3 is 15.4 Å². The molecule has 0 atom stereocenters. The Morgan fingerprint density at radius 3 is 1.97 bits per heavy atom. The second-order valence-electron chi connectivity index (χ2n) is 6.43. The molecular weight excluding hydrogens is 408 g/mol. The highest BCUT2D eigenvalue weighted by Gasteiger charge is 2.06. The summed E-state index contributed by atoms with van der Waals surface area (Å²) in [6.45, 7) is 0. The fourth-order valence-electron chi connectivity index (χ4n) is 2.79. The van der Waals surface area contributed by atoms with E-state index in [-0.39, 0.29) is 0 Å². The maximum Gasteiger partial charge on any atom is 0.175 e. The number of thiocarbonyl (C=S) groups is 1. The molecule has 4 rings (SSSR count). The van der Waals surface area contributed by atoms with E-state index in [1.165, 1.54) is 4.90 Å². The summed E-state index contributed by atoms with van der Waals surface area (Å²) in [5, 5.41) is 7.07. The van der Waals surface area contributed by atoms with Crippen LogP contribution in [0.3, 0.4) is 0 Å². The Hall–Kier alpha value is -3.28. The summed E-state index contributed by atoms with van der Waals surface area (Å²) in [6, 6.07) is 35.8. The average Bonchev–Trinajstić information content (AvgIpc) is 2.78. The Morgan fingerprint density at radius 1 is 0.633 bits per heavy atom. The number of benzene rings is 4. The van der Waals surface area contributed by atoms with Crippen LogP contribution in [0.25, 0.3) is 0 Å². The van der Waals surface area contributed by atoms with E-state index < -0.39 is 0 Å². The van der Waals surface area contributed by atoms with Crippen molar-refractivity contribution in [3.63, 3.8) is 0 Å². The molecule has 3 nitrogen and oxygen atoms in total. The van der Waals surface area contributed by atoms with E-state index in [0.29, 0.717) is 5.11 Å². The van der Waals surface area contributed by atoms with Crippen LogP contribution in [0.5, 0.6) is 11.5 Å². The SMILES string of the molecule is S=C(Nc1ccc(Oc2ccccc2)cc1)Nc1ccccc1Sc1ccccc1. The lowest BCUT2D eigenvalue weighted by Crippen LogP contribution is -2.19. The largest absolute Gasteiger partial charge is 0.457 e. The summed E-state index contributed by atoms with van der Waals surface area (Å²) >= 11 is 7.22. The van der Waals surface area contributed by atoms with Crippen LogP contribution in [-0.2, 0) is 0 Å². The lowest BCUT2D eigenvalue weighted by atomic mass is 10.3. The number of nitrogens with one attached hydrogen (secondary N) is 2. The lowest BCUT2D eigenvalue weighted by molar-refractivity contribution is 0.483. The highest BCUT2D eigenvalue weighted by atomic mass is 32.2. The molecule has 148 valence electrons. The zero-order chi connectivity index (χ0) is 20.6. The predicted octanol–water partition coefficient (Wildman–Crippen LogP) is 7.44. The van der Waals surface area contributed by atoms with Crippen molar-refractivity contribution in [2.24, 2.45) is 0 Å². The molecule has 0 amide bonds. The van der Waals surface area contributed by atoms with E-state index in [1.807, 2.05) is 91.0 Å². The normalized spacial score (nSPS) is 10.3. The van der Waals surface area contributed by atoms with Crippen LogP contribution >= 0.6 is 24.0 Å². The number of para-hydroxylation sites is 2. The monoisotopic (exact) mass is 428 g/mol. The van der Waals surface area contributed by atoms with Gasteiger partial charge in [-0.15, -0.1) is 0 Å². The van der Waals surface area contributed by atoms with Gasteiger partial charge in [0.05, 0.1) is 5.69 Å². The van der Waals surface area contributed by atoms with E-state index in [4.69, 9.17) is 17.0 Å². The Balaban J connectivity index is 1.38. The number of hydrogen-bond acceptors (Lipinski definition) is 3. The van der Waals surface area contributed by atoms with Crippen LogP contribution in [-0.4, -0.2) is 5.11 Å². The molecule has 0 bridgehead atoms. The van der Waals surface area contributed by atoms with Crippen LogP contribution in [0, 0.1) is 0 Å². The van der Waals surface area contributed by atoms with Crippen molar-refractivity contribution in [1.29, 1.82) is 0 Å². The van der Waals surface area contributed by atoms with Gasteiger partial charge in [-0.1, -0.05) is 60.3 Å². The van der Waals surface area contributed by atoms with E-state index in [9.17, 15) is 0 Å². The summed E-state index contributed by atoms with van der Waals surface area (Å²) < 4.78 is 5.83. The number of hydrogen-bond donors (Lipinski definition) is 2. The van der Waals surface area contributed by atoms with Gasteiger partial charge in [-0.2, -0.15) is 0 Å². The van der Waals surface area contributed by atoms with Gasteiger partial charge in [-0.3, -0.25) is 0 Å². The first kappa shape index (κ1) is 20.0. The molecule has 0 fully saturated rings. The van der Waals surface area contributed by atoms with Gasteiger partial charge in [0.25, 0.3) is 0 Å². The molecule has 0 saturated heterocycles. The lowest BCUT2D eigenvalue weighted by Gasteiger charge is -2.14. The molecule has 0 heterocycles. The summed E-state index contributed by atoms with van der Waals surface area (Å²) in [4.78, 5) is 2.29. The Kier molecular flexibility index (Phi) is 6.65. The van der Waals surface area contributed by atoms with Gasteiger partial charge in [0.2, 0.25) is 0 Å². The third kappa shape index (κ3) is 5.63. The van der Waals surface area contributed by atoms with Crippen molar-refractivity contribution in [3.05, 3.63) is 109 Å². The first-order chi connectivity index (χ1) is 14.8. The van der Waals surface area contributed by atoms with Crippen molar-refractivity contribution in [3.8, 4) is 11.5 Å². The molecule has 4 aromatic carbocycles. The standard InChI is InChI=1S/C25H20N2OS2/c29-25(26-19-15-17-21(18-16-19)28-20-9-3-1-4-10-20)27-23-13-7-8-14-24(23)30-22-11-5-2-6-12-22/h1-18H,(H2,26,27,29). The maximum atomic E-state index is 5.83. The minimum atomic E-state index is 0.535. The minimum absolute atomic E-state index is 0.535. The molecular formula is C25H20N2OS2. The molecule has 5 heteroatoms. The van der Waals surface area contributed by atoms with Crippen molar-refractivity contribution < 1.29 is 4.74 Å².